The van der Waals surface area contributed by atoms with Gasteiger partial charge in [-0.1, -0.05) is 19.1 Å². The number of likely N-dealkylation sites (N-methyl/N-ethyl adjacent to an activating group) is 1. The maximum Gasteiger partial charge on any atom is 0.125 e. The van der Waals surface area contributed by atoms with Crippen molar-refractivity contribution in [1.29, 1.82) is 0 Å². The number of anilines is 1. The smallest absolute Gasteiger partial charge is 0.125 e. The van der Waals surface area contributed by atoms with Crippen molar-refractivity contribution in [1.82, 2.24) is 5.32 Å². The van der Waals surface area contributed by atoms with E-state index in [1.54, 1.807) is 7.11 Å². The van der Waals surface area contributed by atoms with E-state index in [0.29, 0.717) is 0 Å². The summed E-state index contributed by atoms with van der Waals surface area (Å²) in [5.41, 5.74) is 2.38. The molecule has 0 bridgehead atoms. The largest absolute Gasteiger partial charge is 0.496 e. The predicted molar refractivity (Wildman–Crippen MR) is 78.6 cm³/mol. The minimum atomic E-state index is 0.258. The number of benzene rings is 1. The van der Waals surface area contributed by atoms with Gasteiger partial charge in [0.2, 0.25) is 0 Å². The normalized spacial score (nSPS) is 12.0. The van der Waals surface area contributed by atoms with Gasteiger partial charge in [0.1, 0.15) is 5.75 Å². The molecule has 0 saturated heterocycles. The van der Waals surface area contributed by atoms with Crippen LogP contribution in [-0.4, -0.2) is 27.2 Å². The van der Waals surface area contributed by atoms with E-state index in [2.05, 4.69) is 43.8 Å². The SMILES string of the molecule is C=CCN(C)c1cccc(OC)c1C(C)NCC. The maximum absolute atomic E-state index is 5.49. The molecule has 0 aliphatic rings. The second kappa shape index (κ2) is 7.07. The molecule has 1 N–H and O–H groups in total. The van der Waals surface area contributed by atoms with Gasteiger partial charge >= 0.3 is 0 Å². The van der Waals surface area contributed by atoms with Crippen molar-refractivity contribution in [3.63, 3.8) is 0 Å². The molecule has 1 rings (SSSR count). The molecule has 0 fully saturated rings. The number of rotatable bonds is 7. The quantitative estimate of drug-likeness (QED) is 0.751. The number of methoxy groups -OCH3 is 1. The van der Waals surface area contributed by atoms with Crippen molar-refractivity contribution in [3.8, 4) is 5.75 Å². The Morgan fingerprint density at radius 2 is 2.22 bits per heavy atom. The van der Waals surface area contributed by atoms with Crippen LogP contribution in [0.5, 0.6) is 5.75 Å². The molecule has 0 radical (unpaired) electrons. The highest BCUT2D eigenvalue weighted by molar-refractivity contribution is 5.60. The van der Waals surface area contributed by atoms with Crippen molar-refractivity contribution in [2.24, 2.45) is 0 Å². The molecule has 100 valence electrons. The lowest BCUT2D eigenvalue weighted by atomic mass is 10.0. The molecule has 1 atom stereocenters. The molecule has 0 spiro atoms. The van der Waals surface area contributed by atoms with Gasteiger partial charge in [-0.25, -0.2) is 0 Å². The van der Waals surface area contributed by atoms with E-state index in [1.165, 1.54) is 11.3 Å². The molecule has 0 aliphatic heterocycles. The molecule has 3 nitrogen and oxygen atoms in total. The summed E-state index contributed by atoms with van der Waals surface area (Å²) in [7, 11) is 3.79. The summed E-state index contributed by atoms with van der Waals surface area (Å²) in [5.74, 6) is 0.928. The van der Waals surface area contributed by atoms with Crippen LogP contribution in [0.15, 0.2) is 30.9 Å². The molecule has 0 saturated carbocycles. The number of hydrogen-bond donors (Lipinski definition) is 1. The van der Waals surface area contributed by atoms with Crippen molar-refractivity contribution < 1.29 is 4.74 Å². The zero-order chi connectivity index (χ0) is 13.5. The third-order valence-electron chi connectivity index (χ3n) is 3.02. The fourth-order valence-corrected chi connectivity index (χ4v) is 2.18. The first-order chi connectivity index (χ1) is 8.65. The van der Waals surface area contributed by atoms with Crippen LogP contribution >= 0.6 is 0 Å². The van der Waals surface area contributed by atoms with Gasteiger partial charge in [0, 0.05) is 30.9 Å². The van der Waals surface area contributed by atoms with Gasteiger partial charge < -0.3 is 15.0 Å². The monoisotopic (exact) mass is 248 g/mol. The van der Waals surface area contributed by atoms with E-state index in [1.807, 2.05) is 18.2 Å². The highest BCUT2D eigenvalue weighted by atomic mass is 16.5. The van der Waals surface area contributed by atoms with Crippen molar-refractivity contribution in [2.75, 3.05) is 32.1 Å². The molecule has 0 aromatic heterocycles. The molecule has 1 aromatic carbocycles. The summed E-state index contributed by atoms with van der Waals surface area (Å²) < 4.78 is 5.49. The van der Waals surface area contributed by atoms with Crippen molar-refractivity contribution in [2.45, 2.75) is 19.9 Å². The Kier molecular flexibility index (Phi) is 5.72. The van der Waals surface area contributed by atoms with Crippen LogP contribution in [0.1, 0.15) is 25.5 Å². The molecule has 0 amide bonds. The highest BCUT2D eigenvalue weighted by Gasteiger charge is 2.17. The van der Waals surface area contributed by atoms with E-state index >= 15 is 0 Å². The number of ether oxygens (including phenoxy) is 1. The zero-order valence-corrected chi connectivity index (χ0v) is 11.9. The van der Waals surface area contributed by atoms with E-state index in [-0.39, 0.29) is 6.04 Å². The van der Waals surface area contributed by atoms with Crippen LogP contribution in [0.4, 0.5) is 5.69 Å². The Bertz CT molecular complexity index is 390. The van der Waals surface area contributed by atoms with Crippen molar-refractivity contribution in [3.05, 3.63) is 36.4 Å². The molecule has 18 heavy (non-hydrogen) atoms. The fraction of sp³-hybridized carbons (Fsp3) is 0.467. The maximum atomic E-state index is 5.49. The Morgan fingerprint density at radius 3 is 2.78 bits per heavy atom. The number of nitrogens with one attached hydrogen (secondary N) is 1. The summed E-state index contributed by atoms with van der Waals surface area (Å²) >= 11 is 0. The molecular formula is C15H24N2O. The lowest BCUT2D eigenvalue weighted by molar-refractivity contribution is 0.402. The predicted octanol–water partition coefficient (Wildman–Crippen LogP) is 2.99. The van der Waals surface area contributed by atoms with Gasteiger partial charge in [0.15, 0.2) is 0 Å². The van der Waals surface area contributed by atoms with Crippen LogP contribution in [0, 0.1) is 0 Å². The van der Waals surface area contributed by atoms with E-state index in [4.69, 9.17) is 4.74 Å². The second-order valence-electron chi connectivity index (χ2n) is 4.34. The molecule has 0 aliphatic carbocycles. The first-order valence-corrected chi connectivity index (χ1v) is 6.38. The van der Waals surface area contributed by atoms with Gasteiger partial charge in [-0.2, -0.15) is 0 Å². The molecular weight excluding hydrogens is 224 g/mol. The van der Waals surface area contributed by atoms with E-state index < -0.39 is 0 Å². The molecule has 0 heterocycles. The van der Waals surface area contributed by atoms with Crippen LogP contribution in [0.2, 0.25) is 0 Å². The first-order valence-electron chi connectivity index (χ1n) is 6.38. The average Bonchev–Trinajstić information content (AvgIpc) is 2.38. The Balaban J connectivity index is 3.19. The Labute approximate surface area is 110 Å². The van der Waals surface area contributed by atoms with Gasteiger partial charge in [-0.15, -0.1) is 6.58 Å². The van der Waals surface area contributed by atoms with Crippen LogP contribution < -0.4 is 15.0 Å². The summed E-state index contributed by atoms with van der Waals surface area (Å²) in [6, 6.07) is 6.41. The van der Waals surface area contributed by atoms with E-state index in [0.717, 1.165) is 18.8 Å². The summed E-state index contributed by atoms with van der Waals surface area (Å²) in [4.78, 5) is 2.18. The van der Waals surface area contributed by atoms with Gasteiger partial charge in [-0.3, -0.25) is 0 Å². The first kappa shape index (κ1) is 14.6. The van der Waals surface area contributed by atoms with Gasteiger partial charge in [0.05, 0.1) is 7.11 Å². The van der Waals surface area contributed by atoms with Gasteiger partial charge in [0.25, 0.3) is 0 Å². The standard InChI is InChI=1S/C15H24N2O/c1-6-11-17(4)13-9-8-10-14(18-5)15(13)12(3)16-7-2/h6,8-10,12,16H,1,7,11H2,2-5H3. The van der Waals surface area contributed by atoms with Crippen LogP contribution in [-0.2, 0) is 0 Å². The topological polar surface area (TPSA) is 24.5 Å². The number of nitrogens with zero attached hydrogens (tertiary/aromatic N) is 1. The van der Waals surface area contributed by atoms with Crippen LogP contribution in [0.3, 0.4) is 0 Å². The summed E-state index contributed by atoms with van der Waals surface area (Å²) in [6.45, 7) is 9.81. The van der Waals surface area contributed by atoms with Crippen LogP contribution in [0.25, 0.3) is 0 Å². The molecule has 1 unspecified atom stereocenters. The minimum absolute atomic E-state index is 0.258. The highest BCUT2D eigenvalue weighted by Crippen LogP contribution is 2.34. The summed E-state index contributed by atoms with van der Waals surface area (Å²) in [5, 5.41) is 3.44. The number of hydrogen-bond acceptors (Lipinski definition) is 3. The molecule has 1 aromatic rings. The fourth-order valence-electron chi connectivity index (χ4n) is 2.18. The third-order valence-corrected chi connectivity index (χ3v) is 3.02. The third kappa shape index (κ3) is 3.26. The minimum Gasteiger partial charge on any atom is -0.496 e. The zero-order valence-electron chi connectivity index (χ0n) is 11.9. The molecule has 3 heteroatoms. The second-order valence-corrected chi connectivity index (χ2v) is 4.34. The average molecular weight is 248 g/mol. The van der Waals surface area contributed by atoms with E-state index in [9.17, 15) is 0 Å². The summed E-state index contributed by atoms with van der Waals surface area (Å²) in [6.07, 6.45) is 1.90. The van der Waals surface area contributed by atoms with Gasteiger partial charge in [-0.05, 0) is 25.6 Å². The van der Waals surface area contributed by atoms with Crippen molar-refractivity contribution >= 4 is 5.69 Å². The lowest BCUT2D eigenvalue weighted by Crippen LogP contribution is -2.24. The Hall–Kier alpha value is -1.48. The lowest BCUT2D eigenvalue weighted by Gasteiger charge is -2.26. The Morgan fingerprint density at radius 1 is 1.50 bits per heavy atom.